The summed E-state index contributed by atoms with van der Waals surface area (Å²) in [6, 6.07) is 8.47. The van der Waals surface area contributed by atoms with Crippen molar-refractivity contribution in [3.05, 3.63) is 62.6 Å². The van der Waals surface area contributed by atoms with Crippen LogP contribution in [0.3, 0.4) is 0 Å². The number of thiazole rings is 1. The van der Waals surface area contributed by atoms with Crippen LogP contribution < -0.4 is 15.8 Å². The lowest BCUT2D eigenvalue weighted by Crippen LogP contribution is -2.35. The van der Waals surface area contributed by atoms with E-state index in [1.807, 2.05) is 30.3 Å². The van der Waals surface area contributed by atoms with Gasteiger partial charge in [-0.15, -0.1) is 11.3 Å². The van der Waals surface area contributed by atoms with Gasteiger partial charge in [0, 0.05) is 24.0 Å². The van der Waals surface area contributed by atoms with Crippen molar-refractivity contribution in [2.75, 3.05) is 35.9 Å². The molecule has 1 aliphatic rings. The number of aromatic amines is 1. The molecule has 0 spiro atoms. The number of aromatic nitrogens is 3. The molecule has 2 aromatic carbocycles. The number of benzene rings is 2. The second-order valence-electron chi connectivity index (χ2n) is 8.54. The Hall–Kier alpha value is -3.15. The van der Waals surface area contributed by atoms with Gasteiger partial charge in [-0.3, -0.25) is 4.79 Å². The van der Waals surface area contributed by atoms with Crippen molar-refractivity contribution in [1.82, 2.24) is 15.0 Å². The molecule has 192 valence electrons. The van der Waals surface area contributed by atoms with Crippen LogP contribution in [-0.2, 0) is 4.74 Å². The van der Waals surface area contributed by atoms with Crippen molar-refractivity contribution in [3.63, 3.8) is 0 Å². The first kappa shape index (κ1) is 25.5. The number of carbonyl (C=O) groups excluding carboxylic acids is 1. The minimum Gasteiger partial charge on any atom is -0.464 e. The van der Waals surface area contributed by atoms with E-state index in [2.05, 4.69) is 25.2 Å². The van der Waals surface area contributed by atoms with Crippen LogP contribution in [0.5, 0.6) is 0 Å². The number of nitrogens with zero attached hydrogens (tertiary/aromatic N) is 3. The lowest BCUT2D eigenvalue weighted by Gasteiger charge is -2.34. The fourth-order valence-corrected chi connectivity index (χ4v) is 6.25. The van der Waals surface area contributed by atoms with E-state index in [0.29, 0.717) is 33.5 Å². The number of methoxy groups -OCH3 is 1. The van der Waals surface area contributed by atoms with Crippen LogP contribution in [0.1, 0.15) is 23.3 Å². The third-order valence-electron chi connectivity index (χ3n) is 6.27. The summed E-state index contributed by atoms with van der Waals surface area (Å²) in [5.74, 6) is 0.890. The number of rotatable bonds is 6. The Kier molecular flexibility index (Phi) is 7.36. The van der Waals surface area contributed by atoms with Crippen LogP contribution in [0, 0.1) is 5.82 Å². The maximum atomic E-state index is 13.6. The number of esters is 1. The second kappa shape index (κ2) is 10.7. The normalized spacial score (nSPS) is 14.1. The van der Waals surface area contributed by atoms with Gasteiger partial charge < -0.3 is 19.9 Å². The Morgan fingerprint density at radius 1 is 1.24 bits per heavy atom. The van der Waals surface area contributed by atoms with Gasteiger partial charge in [-0.1, -0.05) is 11.6 Å². The Labute approximate surface area is 225 Å². The summed E-state index contributed by atoms with van der Waals surface area (Å²) >= 11 is 9.29. The smallest absolute Gasteiger partial charge is 0.362 e. The number of thioether (sulfide) groups is 1. The predicted molar refractivity (Wildman–Crippen MR) is 148 cm³/mol. The predicted octanol–water partition coefficient (Wildman–Crippen LogP) is 5.70. The minimum absolute atomic E-state index is 0.0341. The molecule has 0 aliphatic carbocycles. The first-order chi connectivity index (χ1) is 17.8. The van der Waals surface area contributed by atoms with Crippen molar-refractivity contribution in [2.45, 2.75) is 18.9 Å². The fourth-order valence-electron chi connectivity index (χ4n) is 4.25. The van der Waals surface area contributed by atoms with E-state index in [1.54, 1.807) is 18.2 Å². The molecule has 4 aromatic rings. The SMILES string of the molecule is COC(=O)c1nc2cc(N(C)C3CCSCC3)c(Nc3nc(-c4ccc(F)c(Cl)c4)cs3)cc2[nH]c1=O. The molecular weight excluding hydrogens is 537 g/mol. The van der Waals surface area contributed by atoms with Crippen molar-refractivity contribution in [2.24, 2.45) is 0 Å². The molecule has 8 nitrogen and oxygen atoms in total. The molecule has 0 unspecified atom stereocenters. The average Bonchev–Trinajstić information content (AvgIpc) is 3.37. The van der Waals surface area contributed by atoms with Crippen LogP contribution in [-0.4, -0.2) is 52.6 Å². The van der Waals surface area contributed by atoms with Gasteiger partial charge in [0.25, 0.3) is 5.56 Å². The second-order valence-corrected chi connectivity index (χ2v) is 11.0. The molecular formula is C25H23ClFN5O3S2. The highest BCUT2D eigenvalue weighted by Crippen LogP contribution is 2.37. The number of hydrogen-bond donors (Lipinski definition) is 2. The summed E-state index contributed by atoms with van der Waals surface area (Å²) in [5.41, 5.74) is 2.98. The summed E-state index contributed by atoms with van der Waals surface area (Å²) in [5, 5.41) is 5.89. The first-order valence-electron chi connectivity index (χ1n) is 11.5. The van der Waals surface area contributed by atoms with E-state index in [9.17, 15) is 14.0 Å². The van der Waals surface area contributed by atoms with Crippen LogP contribution in [0.4, 0.5) is 20.9 Å². The van der Waals surface area contributed by atoms with Crippen molar-refractivity contribution >= 4 is 68.2 Å². The maximum Gasteiger partial charge on any atom is 0.362 e. The van der Waals surface area contributed by atoms with Crippen molar-refractivity contribution < 1.29 is 13.9 Å². The summed E-state index contributed by atoms with van der Waals surface area (Å²) < 4.78 is 18.3. The van der Waals surface area contributed by atoms with E-state index in [4.69, 9.17) is 16.3 Å². The molecule has 0 saturated carbocycles. The van der Waals surface area contributed by atoms with E-state index < -0.39 is 17.3 Å². The summed E-state index contributed by atoms with van der Waals surface area (Å²) in [4.78, 5) is 38.4. The highest BCUT2D eigenvalue weighted by atomic mass is 35.5. The molecule has 3 heterocycles. The maximum absolute atomic E-state index is 13.6. The van der Waals surface area contributed by atoms with Gasteiger partial charge in [0.1, 0.15) is 5.82 Å². The third-order valence-corrected chi connectivity index (χ3v) is 8.36. The first-order valence-corrected chi connectivity index (χ1v) is 13.9. The highest BCUT2D eigenvalue weighted by molar-refractivity contribution is 7.99. The Balaban J connectivity index is 1.55. The number of H-pyrrole nitrogens is 1. The molecule has 37 heavy (non-hydrogen) atoms. The molecule has 5 rings (SSSR count). The van der Waals surface area contributed by atoms with Gasteiger partial charge in [-0.25, -0.2) is 19.2 Å². The monoisotopic (exact) mass is 559 g/mol. The molecule has 0 atom stereocenters. The number of fused-ring (bicyclic) bond motifs is 1. The van der Waals surface area contributed by atoms with Gasteiger partial charge in [0.15, 0.2) is 5.13 Å². The number of hydrogen-bond acceptors (Lipinski definition) is 9. The average molecular weight is 560 g/mol. The summed E-state index contributed by atoms with van der Waals surface area (Å²) in [6.45, 7) is 0. The van der Waals surface area contributed by atoms with Gasteiger partial charge >= 0.3 is 5.97 Å². The van der Waals surface area contributed by atoms with Crippen LogP contribution in [0.15, 0.2) is 40.5 Å². The molecule has 0 bridgehead atoms. The Bertz CT molecular complexity index is 1540. The summed E-state index contributed by atoms with van der Waals surface area (Å²) in [7, 11) is 3.25. The van der Waals surface area contributed by atoms with Crippen LogP contribution >= 0.6 is 34.7 Å². The zero-order valence-corrected chi connectivity index (χ0v) is 22.4. The standard InChI is InChI=1S/C25H23ClFN5O3S2/c1-32(14-5-7-36-8-6-14)21-11-18-17(29-23(33)22(28-18)24(34)35-2)10-19(21)30-25-31-20(12-37-25)13-3-4-16(27)15(26)9-13/h3-4,9-12,14H,5-8H2,1-2H3,(H,29,33)(H,30,31). The number of ether oxygens (including phenoxy) is 1. The molecule has 1 fully saturated rings. The number of halogens is 2. The summed E-state index contributed by atoms with van der Waals surface area (Å²) in [6.07, 6.45) is 2.08. The molecule has 1 saturated heterocycles. The quantitative estimate of drug-likeness (QED) is 0.290. The minimum atomic E-state index is -0.791. The van der Waals surface area contributed by atoms with Crippen LogP contribution in [0.2, 0.25) is 5.02 Å². The van der Waals surface area contributed by atoms with Crippen molar-refractivity contribution in [3.8, 4) is 11.3 Å². The molecule has 1 aliphatic heterocycles. The van der Waals surface area contributed by atoms with E-state index in [1.165, 1.54) is 24.5 Å². The lowest BCUT2D eigenvalue weighted by atomic mass is 10.1. The largest absolute Gasteiger partial charge is 0.464 e. The molecule has 2 aromatic heterocycles. The Morgan fingerprint density at radius 2 is 2.03 bits per heavy atom. The van der Waals surface area contributed by atoms with Gasteiger partial charge in [-0.05, 0) is 54.7 Å². The highest BCUT2D eigenvalue weighted by Gasteiger charge is 2.23. The third kappa shape index (κ3) is 5.29. The van der Waals surface area contributed by atoms with E-state index in [0.717, 1.165) is 35.7 Å². The molecule has 0 radical (unpaired) electrons. The Morgan fingerprint density at radius 3 is 2.76 bits per heavy atom. The van der Waals surface area contributed by atoms with E-state index >= 15 is 0 Å². The van der Waals surface area contributed by atoms with Gasteiger partial charge in [0.2, 0.25) is 5.69 Å². The number of anilines is 3. The number of nitrogens with one attached hydrogen (secondary N) is 2. The number of carbonyl (C=O) groups is 1. The van der Waals surface area contributed by atoms with Crippen molar-refractivity contribution in [1.29, 1.82) is 0 Å². The van der Waals surface area contributed by atoms with E-state index in [-0.39, 0.29) is 10.7 Å². The molecule has 2 N–H and O–H groups in total. The zero-order chi connectivity index (χ0) is 26.1. The van der Waals surface area contributed by atoms with Crippen LogP contribution in [0.25, 0.3) is 22.3 Å². The van der Waals surface area contributed by atoms with Gasteiger partial charge in [-0.2, -0.15) is 11.8 Å². The topological polar surface area (TPSA) is 100 Å². The lowest BCUT2D eigenvalue weighted by molar-refractivity contribution is 0.0592. The fraction of sp³-hybridized carbons (Fsp3) is 0.280. The van der Waals surface area contributed by atoms with Gasteiger partial charge in [0.05, 0.1) is 40.2 Å². The molecule has 12 heteroatoms. The zero-order valence-electron chi connectivity index (χ0n) is 20.0. The molecule has 0 amide bonds.